The number of benzene rings is 1. The van der Waals surface area contributed by atoms with E-state index in [4.69, 9.17) is 9.47 Å². The van der Waals surface area contributed by atoms with Crippen LogP contribution < -0.4 is 14.8 Å². The van der Waals surface area contributed by atoms with E-state index in [0.717, 1.165) is 6.54 Å². The van der Waals surface area contributed by atoms with Gasteiger partial charge in [-0.3, -0.25) is 4.90 Å². The fraction of sp³-hybridized carbons (Fsp3) is 0.550. The molecule has 0 radical (unpaired) electrons. The number of rotatable bonds is 4. The number of hydrogen-bond donors (Lipinski definition) is 1. The maximum atomic E-state index is 13.6. The number of nitrogens with zero attached hydrogens (tertiary/aromatic N) is 4. The smallest absolute Gasteiger partial charge is 0.416 e. The first-order valence-electron chi connectivity index (χ1n) is 9.93. The summed E-state index contributed by atoms with van der Waals surface area (Å²) < 4.78 is 25.0. The normalized spacial score (nSPS) is 25.3. The molecule has 3 heterocycles. The molecule has 9 heteroatoms. The number of amides is 1. The Balaban J connectivity index is 1.52. The Morgan fingerprint density at radius 1 is 1.31 bits per heavy atom. The van der Waals surface area contributed by atoms with Gasteiger partial charge in [-0.1, -0.05) is 12.1 Å². The molecule has 0 spiro atoms. The second-order valence-corrected chi connectivity index (χ2v) is 7.74. The van der Waals surface area contributed by atoms with Gasteiger partial charge in [0.05, 0.1) is 10.9 Å². The van der Waals surface area contributed by atoms with Gasteiger partial charge in [-0.2, -0.15) is 9.97 Å². The van der Waals surface area contributed by atoms with Crippen LogP contribution in [0, 0.1) is 0 Å². The molecule has 0 aliphatic carbocycles. The number of aromatic nitrogens is 2. The zero-order chi connectivity index (χ0) is 20.4. The Morgan fingerprint density at radius 2 is 2.14 bits per heavy atom. The summed E-state index contributed by atoms with van der Waals surface area (Å²) in [6.07, 6.45) is -0.861. The number of ether oxygens (including phenoxy) is 2. The highest BCUT2D eigenvalue weighted by Crippen LogP contribution is 2.26. The van der Waals surface area contributed by atoms with Crippen LogP contribution in [0.4, 0.5) is 9.18 Å². The van der Waals surface area contributed by atoms with Gasteiger partial charge in [-0.15, -0.1) is 0 Å². The van der Waals surface area contributed by atoms with Crippen LogP contribution in [0.25, 0.3) is 10.9 Å². The Bertz CT molecular complexity index is 882. The van der Waals surface area contributed by atoms with E-state index >= 15 is 0 Å². The van der Waals surface area contributed by atoms with Gasteiger partial charge in [0.1, 0.15) is 12.8 Å². The van der Waals surface area contributed by atoms with Crippen LogP contribution in [0.15, 0.2) is 24.3 Å². The van der Waals surface area contributed by atoms with Crippen molar-refractivity contribution in [3.8, 4) is 11.9 Å². The first-order valence-corrected chi connectivity index (χ1v) is 9.93. The summed E-state index contributed by atoms with van der Waals surface area (Å²) in [5, 5.41) is 3.93. The van der Waals surface area contributed by atoms with Crippen LogP contribution >= 0.6 is 0 Å². The highest BCUT2D eigenvalue weighted by atomic mass is 19.1. The maximum absolute atomic E-state index is 13.6. The van der Waals surface area contributed by atoms with Crippen LogP contribution in [0.2, 0.25) is 0 Å². The van der Waals surface area contributed by atoms with Crippen molar-refractivity contribution in [2.75, 3.05) is 39.8 Å². The minimum absolute atomic E-state index is 0.0339. The maximum Gasteiger partial charge on any atom is 0.416 e. The molecule has 1 aromatic heterocycles. The van der Waals surface area contributed by atoms with Crippen LogP contribution in [-0.4, -0.2) is 83.9 Å². The lowest BCUT2D eigenvalue weighted by Crippen LogP contribution is -2.52. The number of likely N-dealkylation sites (N-methyl/N-ethyl adjacent to an activating group) is 1. The van der Waals surface area contributed by atoms with E-state index in [2.05, 4.69) is 15.3 Å². The number of hydrogen-bond acceptors (Lipinski definition) is 7. The molecule has 0 saturated carbocycles. The number of likely N-dealkylation sites (tertiary alicyclic amines) is 1. The standard InChI is InChI=1S/C20H26FN5O3/c1-13-10-26(8-7-22-13)20(27)29-18-16-5-3-4-6-17(16)23-19(24-18)28-12-15-9-14(21)11-25(15)2/h3-6,13-15,22H,7-12H2,1-2H3/t13?,14-,15+/m1/s1. The van der Waals surface area contributed by atoms with Crippen molar-refractivity contribution in [1.82, 2.24) is 25.1 Å². The SMILES string of the molecule is CC1CN(C(=O)Oc2nc(OC[C@@H]3C[C@@H](F)CN3C)nc3ccccc23)CCN1. The first-order chi connectivity index (χ1) is 14.0. The van der Waals surface area contributed by atoms with E-state index in [0.29, 0.717) is 37.0 Å². The second kappa shape index (κ2) is 8.46. The van der Waals surface area contributed by atoms with Gasteiger partial charge in [0, 0.05) is 38.3 Å². The van der Waals surface area contributed by atoms with Crippen molar-refractivity contribution in [2.24, 2.45) is 0 Å². The number of alkyl halides is 1. The van der Waals surface area contributed by atoms with E-state index in [1.165, 1.54) is 0 Å². The van der Waals surface area contributed by atoms with Crippen LogP contribution in [0.5, 0.6) is 11.9 Å². The summed E-state index contributed by atoms with van der Waals surface area (Å²) in [5.41, 5.74) is 0.622. The number of carbonyl (C=O) groups is 1. The number of halogens is 1. The van der Waals surface area contributed by atoms with E-state index in [-0.39, 0.29) is 30.6 Å². The number of carbonyl (C=O) groups excluding carboxylic acids is 1. The molecule has 1 N–H and O–H groups in total. The topological polar surface area (TPSA) is 79.8 Å². The fourth-order valence-corrected chi connectivity index (χ4v) is 3.79. The zero-order valence-corrected chi connectivity index (χ0v) is 16.7. The van der Waals surface area contributed by atoms with E-state index in [9.17, 15) is 9.18 Å². The molecule has 4 rings (SSSR count). The van der Waals surface area contributed by atoms with E-state index < -0.39 is 12.3 Å². The summed E-state index contributed by atoms with van der Waals surface area (Å²) in [6, 6.07) is 7.60. The van der Waals surface area contributed by atoms with Gasteiger partial charge in [-0.05, 0) is 32.5 Å². The number of piperazine rings is 1. The van der Waals surface area contributed by atoms with Crippen molar-refractivity contribution in [3.05, 3.63) is 24.3 Å². The summed E-state index contributed by atoms with van der Waals surface area (Å²) in [5.74, 6) is 0.171. The Kier molecular flexibility index (Phi) is 5.77. The molecule has 156 valence electrons. The molecule has 1 aromatic carbocycles. The van der Waals surface area contributed by atoms with Gasteiger partial charge in [0.15, 0.2) is 0 Å². The Labute approximate surface area is 169 Å². The highest BCUT2D eigenvalue weighted by molar-refractivity contribution is 5.86. The third-order valence-corrected chi connectivity index (χ3v) is 5.40. The van der Waals surface area contributed by atoms with Crippen molar-refractivity contribution in [1.29, 1.82) is 0 Å². The van der Waals surface area contributed by atoms with Gasteiger partial charge in [-0.25, -0.2) is 9.18 Å². The predicted molar refractivity (Wildman–Crippen MR) is 106 cm³/mol. The third-order valence-electron chi connectivity index (χ3n) is 5.40. The fourth-order valence-electron chi connectivity index (χ4n) is 3.79. The minimum Gasteiger partial charge on any atom is -0.462 e. The van der Waals surface area contributed by atoms with Crippen molar-refractivity contribution in [2.45, 2.75) is 31.6 Å². The quantitative estimate of drug-likeness (QED) is 0.834. The lowest BCUT2D eigenvalue weighted by Gasteiger charge is -2.30. The van der Waals surface area contributed by atoms with Gasteiger partial charge in [0.2, 0.25) is 5.88 Å². The van der Waals surface area contributed by atoms with Crippen LogP contribution in [-0.2, 0) is 0 Å². The molecule has 3 atom stereocenters. The zero-order valence-electron chi connectivity index (χ0n) is 16.7. The average molecular weight is 403 g/mol. The molecule has 2 aliphatic rings. The second-order valence-electron chi connectivity index (χ2n) is 7.74. The molecule has 29 heavy (non-hydrogen) atoms. The molecule has 2 aromatic rings. The molecular weight excluding hydrogens is 377 g/mol. The molecular formula is C20H26FN5O3. The van der Waals surface area contributed by atoms with Crippen LogP contribution in [0.3, 0.4) is 0 Å². The third kappa shape index (κ3) is 4.56. The molecule has 1 amide bonds. The summed E-state index contributed by atoms with van der Waals surface area (Å²) >= 11 is 0. The lowest BCUT2D eigenvalue weighted by atomic mass is 10.2. The van der Waals surface area contributed by atoms with Gasteiger partial charge in [0.25, 0.3) is 0 Å². The number of para-hydroxylation sites is 1. The van der Waals surface area contributed by atoms with Crippen LogP contribution in [0.1, 0.15) is 13.3 Å². The predicted octanol–water partition coefficient (Wildman–Crippen LogP) is 1.84. The van der Waals surface area contributed by atoms with E-state index in [1.807, 2.05) is 37.1 Å². The van der Waals surface area contributed by atoms with E-state index in [1.54, 1.807) is 11.0 Å². The average Bonchev–Trinajstić information content (AvgIpc) is 3.03. The molecule has 2 saturated heterocycles. The lowest BCUT2D eigenvalue weighted by molar-refractivity contribution is 0.135. The monoisotopic (exact) mass is 403 g/mol. The Hall–Kier alpha value is -2.52. The van der Waals surface area contributed by atoms with Crippen molar-refractivity contribution in [3.63, 3.8) is 0 Å². The molecule has 0 bridgehead atoms. The van der Waals surface area contributed by atoms with Crippen molar-refractivity contribution < 1.29 is 18.7 Å². The summed E-state index contributed by atoms with van der Waals surface area (Å²) in [7, 11) is 1.87. The molecule has 8 nitrogen and oxygen atoms in total. The first kappa shape index (κ1) is 19.8. The summed E-state index contributed by atoms with van der Waals surface area (Å²) in [4.78, 5) is 25.0. The van der Waals surface area contributed by atoms with Crippen molar-refractivity contribution >= 4 is 17.0 Å². The van der Waals surface area contributed by atoms with Gasteiger partial charge >= 0.3 is 12.1 Å². The number of nitrogens with one attached hydrogen (secondary N) is 1. The Morgan fingerprint density at radius 3 is 2.90 bits per heavy atom. The highest BCUT2D eigenvalue weighted by Gasteiger charge is 2.30. The summed E-state index contributed by atoms with van der Waals surface area (Å²) in [6.45, 7) is 4.57. The largest absolute Gasteiger partial charge is 0.462 e. The molecule has 2 aliphatic heterocycles. The number of fused-ring (bicyclic) bond motifs is 1. The molecule has 2 fully saturated rings. The minimum atomic E-state index is -0.843. The molecule has 1 unspecified atom stereocenters. The van der Waals surface area contributed by atoms with Gasteiger partial charge < -0.3 is 19.7 Å².